The van der Waals surface area contributed by atoms with E-state index in [9.17, 15) is 0 Å². The van der Waals surface area contributed by atoms with Crippen LogP contribution in [0, 0.1) is 0 Å². The topological polar surface area (TPSA) is 106 Å². The number of hydrogen-bond donors (Lipinski definition) is 3. The van der Waals surface area contributed by atoms with Crippen molar-refractivity contribution in [2.24, 2.45) is 0 Å². The molecule has 0 saturated carbocycles. The minimum atomic E-state index is 0.170. The Balaban J connectivity index is 1.66. The van der Waals surface area contributed by atoms with Crippen LogP contribution in [0.15, 0.2) is 29.0 Å². The molecule has 0 fully saturated rings. The number of benzene rings is 1. The molecule has 2 heterocycles. The summed E-state index contributed by atoms with van der Waals surface area (Å²) in [5.41, 5.74) is 10.7. The molecule has 2 aromatic heterocycles. The molecule has 20 heavy (non-hydrogen) atoms. The van der Waals surface area contributed by atoms with E-state index in [1.54, 1.807) is 6.07 Å². The highest BCUT2D eigenvalue weighted by Gasteiger charge is 2.17. The normalized spacial score (nSPS) is 17.3. The highest BCUT2D eigenvalue weighted by molar-refractivity contribution is 5.95. The number of rotatable bonds is 2. The van der Waals surface area contributed by atoms with Crippen LogP contribution in [0.25, 0.3) is 17.1 Å². The van der Waals surface area contributed by atoms with Crippen molar-refractivity contribution in [1.29, 1.82) is 0 Å². The fourth-order valence-electron chi connectivity index (χ4n) is 2.45. The third kappa shape index (κ3) is 1.63. The van der Waals surface area contributed by atoms with Crippen LogP contribution in [0.5, 0.6) is 0 Å². The van der Waals surface area contributed by atoms with Crippen molar-refractivity contribution in [1.82, 2.24) is 20.5 Å². The molecule has 3 aromatic rings. The molecular formula is C13H12N6O. The molecule has 1 aromatic carbocycles. The van der Waals surface area contributed by atoms with Crippen LogP contribution in [-0.2, 0) is 6.42 Å². The molecule has 0 saturated heterocycles. The number of nitrogens with zero attached hydrogens (tertiary/aromatic N) is 3. The quantitative estimate of drug-likeness (QED) is 0.609. The van der Waals surface area contributed by atoms with Crippen molar-refractivity contribution in [2.75, 3.05) is 11.1 Å². The summed E-state index contributed by atoms with van der Waals surface area (Å²) in [6.07, 6.45) is 6.83. The SMILES string of the molecule is Nc1ccc(NC2C=Cc3[nH]ncc3C2)c2nonc12. The Labute approximate surface area is 113 Å². The van der Waals surface area contributed by atoms with Gasteiger partial charge in [-0.05, 0) is 40.5 Å². The summed E-state index contributed by atoms with van der Waals surface area (Å²) < 4.78 is 4.77. The zero-order valence-corrected chi connectivity index (χ0v) is 10.5. The van der Waals surface area contributed by atoms with E-state index in [-0.39, 0.29) is 6.04 Å². The van der Waals surface area contributed by atoms with E-state index in [1.807, 2.05) is 18.3 Å². The maximum atomic E-state index is 5.84. The summed E-state index contributed by atoms with van der Waals surface area (Å²) >= 11 is 0. The van der Waals surface area contributed by atoms with Gasteiger partial charge in [0.05, 0.1) is 23.3 Å². The van der Waals surface area contributed by atoms with Gasteiger partial charge in [-0.3, -0.25) is 5.10 Å². The molecule has 0 bridgehead atoms. The van der Waals surface area contributed by atoms with E-state index in [1.165, 1.54) is 5.56 Å². The average molecular weight is 268 g/mol. The number of anilines is 2. The first-order valence-corrected chi connectivity index (χ1v) is 6.29. The molecule has 0 amide bonds. The van der Waals surface area contributed by atoms with E-state index in [2.05, 4.69) is 31.9 Å². The number of aromatic amines is 1. The number of H-pyrrole nitrogens is 1. The van der Waals surface area contributed by atoms with Gasteiger partial charge in [0.15, 0.2) is 11.0 Å². The van der Waals surface area contributed by atoms with Crippen LogP contribution < -0.4 is 11.1 Å². The van der Waals surface area contributed by atoms with Gasteiger partial charge in [0.2, 0.25) is 0 Å². The monoisotopic (exact) mass is 268 g/mol. The van der Waals surface area contributed by atoms with Crippen molar-refractivity contribution in [3.05, 3.63) is 35.7 Å². The number of nitrogen functional groups attached to an aromatic ring is 1. The van der Waals surface area contributed by atoms with Crippen LogP contribution in [0.4, 0.5) is 11.4 Å². The molecule has 7 heteroatoms. The molecule has 4 rings (SSSR count). The minimum absolute atomic E-state index is 0.170. The molecular weight excluding hydrogens is 256 g/mol. The third-order valence-corrected chi connectivity index (χ3v) is 3.47. The number of nitrogens with one attached hydrogen (secondary N) is 2. The second-order valence-corrected chi connectivity index (χ2v) is 4.79. The van der Waals surface area contributed by atoms with Crippen LogP contribution in [0.3, 0.4) is 0 Å². The standard InChI is InChI=1S/C13H12N6O/c14-9-2-4-11(13-12(9)18-20-19-13)16-8-1-3-10-7(5-8)6-15-17-10/h1-4,6,8,16H,5,14H2,(H,15,17). The highest BCUT2D eigenvalue weighted by atomic mass is 16.6. The second-order valence-electron chi connectivity index (χ2n) is 4.79. The Bertz CT molecular complexity index is 802. The molecule has 0 radical (unpaired) electrons. The van der Waals surface area contributed by atoms with Crippen LogP contribution in [0.2, 0.25) is 0 Å². The molecule has 4 N–H and O–H groups in total. The van der Waals surface area contributed by atoms with Gasteiger partial charge in [0.25, 0.3) is 0 Å². The summed E-state index contributed by atoms with van der Waals surface area (Å²) in [7, 11) is 0. The Kier molecular flexibility index (Phi) is 2.26. The lowest BCUT2D eigenvalue weighted by molar-refractivity contribution is 0.315. The smallest absolute Gasteiger partial charge is 0.160 e. The maximum Gasteiger partial charge on any atom is 0.160 e. The molecule has 1 aliphatic rings. The van der Waals surface area contributed by atoms with E-state index in [4.69, 9.17) is 10.4 Å². The Morgan fingerprint density at radius 2 is 2.20 bits per heavy atom. The van der Waals surface area contributed by atoms with Gasteiger partial charge in [-0.15, -0.1) is 0 Å². The van der Waals surface area contributed by atoms with Gasteiger partial charge < -0.3 is 11.1 Å². The first-order valence-electron chi connectivity index (χ1n) is 6.29. The Morgan fingerprint density at radius 1 is 1.30 bits per heavy atom. The molecule has 0 aliphatic heterocycles. The predicted molar refractivity (Wildman–Crippen MR) is 75.0 cm³/mol. The van der Waals surface area contributed by atoms with Crippen molar-refractivity contribution < 1.29 is 4.63 Å². The fraction of sp³-hybridized carbons (Fsp3) is 0.154. The van der Waals surface area contributed by atoms with Gasteiger partial charge in [0, 0.05) is 6.04 Å². The zero-order chi connectivity index (χ0) is 13.5. The third-order valence-electron chi connectivity index (χ3n) is 3.47. The number of fused-ring (bicyclic) bond motifs is 2. The molecule has 1 unspecified atom stereocenters. The van der Waals surface area contributed by atoms with Crippen molar-refractivity contribution >= 4 is 28.5 Å². The van der Waals surface area contributed by atoms with Crippen molar-refractivity contribution in [2.45, 2.75) is 12.5 Å². The van der Waals surface area contributed by atoms with Crippen molar-refractivity contribution in [3.63, 3.8) is 0 Å². The first-order chi connectivity index (χ1) is 9.81. The number of aromatic nitrogens is 4. The zero-order valence-electron chi connectivity index (χ0n) is 10.5. The molecule has 1 atom stereocenters. The van der Waals surface area contributed by atoms with E-state index >= 15 is 0 Å². The van der Waals surface area contributed by atoms with Gasteiger partial charge in [0.1, 0.15) is 0 Å². The Hall–Kier alpha value is -2.83. The van der Waals surface area contributed by atoms with Crippen LogP contribution in [-0.4, -0.2) is 26.6 Å². The molecule has 1 aliphatic carbocycles. The lowest BCUT2D eigenvalue weighted by Crippen LogP contribution is -2.22. The Morgan fingerprint density at radius 3 is 3.15 bits per heavy atom. The van der Waals surface area contributed by atoms with Crippen LogP contribution in [0.1, 0.15) is 11.3 Å². The van der Waals surface area contributed by atoms with Crippen LogP contribution >= 0.6 is 0 Å². The predicted octanol–water partition coefficient (Wildman–Crippen LogP) is 1.58. The first kappa shape index (κ1) is 11.0. The summed E-state index contributed by atoms with van der Waals surface area (Å²) in [5.74, 6) is 0. The van der Waals surface area contributed by atoms with Crippen molar-refractivity contribution in [3.8, 4) is 0 Å². The molecule has 100 valence electrons. The highest BCUT2D eigenvalue weighted by Crippen LogP contribution is 2.27. The van der Waals surface area contributed by atoms with Gasteiger partial charge >= 0.3 is 0 Å². The molecule has 0 spiro atoms. The largest absolute Gasteiger partial charge is 0.397 e. The summed E-state index contributed by atoms with van der Waals surface area (Å²) in [5, 5.41) is 18.1. The van der Waals surface area contributed by atoms with Gasteiger partial charge in [-0.1, -0.05) is 6.08 Å². The lowest BCUT2D eigenvalue weighted by atomic mass is 10.00. The summed E-state index contributed by atoms with van der Waals surface area (Å²) in [6.45, 7) is 0. The second kappa shape index (κ2) is 4.09. The van der Waals surface area contributed by atoms with Gasteiger partial charge in [-0.25, -0.2) is 4.63 Å². The fourth-order valence-corrected chi connectivity index (χ4v) is 2.45. The van der Waals surface area contributed by atoms with Gasteiger partial charge in [-0.2, -0.15) is 5.10 Å². The maximum absolute atomic E-state index is 5.84. The van der Waals surface area contributed by atoms with E-state index < -0.39 is 0 Å². The average Bonchev–Trinajstić information content (AvgIpc) is 3.10. The lowest BCUT2D eigenvalue weighted by Gasteiger charge is -2.19. The summed E-state index contributed by atoms with van der Waals surface area (Å²) in [6, 6.07) is 3.86. The minimum Gasteiger partial charge on any atom is -0.397 e. The number of hydrogen-bond acceptors (Lipinski definition) is 6. The van der Waals surface area contributed by atoms with E-state index in [0.29, 0.717) is 16.7 Å². The molecule has 7 nitrogen and oxygen atoms in total. The van der Waals surface area contributed by atoms with E-state index in [0.717, 1.165) is 17.8 Å². The summed E-state index contributed by atoms with van der Waals surface area (Å²) in [4.78, 5) is 0. The number of nitrogens with two attached hydrogens (primary N) is 1.